The van der Waals surface area contributed by atoms with Gasteiger partial charge >= 0.3 is 0 Å². The van der Waals surface area contributed by atoms with Crippen molar-refractivity contribution in [3.05, 3.63) is 89.0 Å². The Morgan fingerprint density at radius 1 is 1.00 bits per heavy atom. The molecule has 7 nitrogen and oxygen atoms in total. The molecule has 172 valence electrons. The molecule has 7 heteroatoms. The molecule has 2 N–H and O–H groups in total. The second kappa shape index (κ2) is 11.6. The molecule has 0 spiro atoms. The summed E-state index contributed by atoms with van der Waals surface area (Å²) in [7, 11) is 3.01. The van der Waals surface area contributed by atoms with E-state index >= 15 is 0 Å². The average Bonchev–Trinajstić information content (AvgIpc) is 3.35. The van der Waals surface area contributed by atoms with Gasteiger partial charge in [-0.2, -0.15) is 0 Å². The van der Waals surface area contributed by atoms with Crippen molar-refractivity contribution >= 4 is 17.9 Å². The normalized spacial score (nSPS) is 11.1. The molecule has 0 aliphatic carbocycles. The second-order valence-corrected chi connectivity index (χ2v) is 7.44. The van der Waals surface area contributed by atoms with Gasteiger partial charge in [0.2, 0.25) is 0 Å². The summed E-state index contributed by atoms with van der Waals surface area (Å²) in [6.45, 7) is 2.52. The first-order chi connectivity index (χ1) is 16.0. The lowest BCUT2D eigenvalue weighted by atomic mass is 10.1. The molecular weight excluding hydrogens is 420 g/mol. The number of furan rings is 1. The first-order valence-electron chi connectivity index (χ1n) is 10.6. The number of carbonyl (C=O) groups is 2. The van der Waals surface area contributed by atoms with E-state index in [1.54, 1.807) is 30.3 Å². The predicted octanol–water partition coefficient (Wildman–Crippen LogP) is 4.13. The Morgan fingerprint density at radius 3 is 2.42 bits per heavy atom. The molecule has 33 heavy (non-hydrogen) atoms. The van der Waals surface area contributed by atoms with Gasteiger partial charge in [0.1, 0.15) is 11.5 Å². The fourth-order valence-corrected chi connectivity index (χ4v) is 3.19. The molecule has 1 aromatic heterocycles. The second-order valence-electron chi connectivity index (χ2n) is 7.44. The number of amides is 2. The quantitative estimate of drug-likeness (QED) is 0.360. The molecule has 0 aliphatic heterocycles. The van der Waals surface area contributed by atoms with Crippen molar-refractivity contribution in [1.29, 1.82) is 0 Å². The lowest BCUT2D eigenvalue weighted by molar-refractivity contribution is -0.117. The summed E-state index contributed by atoms with van der Waals surface area (Å²) in [5, 5.41) is 5.54. The van der Waals surface area contributed by atoms with Crippen LogP contribution in [0.15, 0.2) is 71.0 Å². The fraction of sp³-hybridized carbons (Fsp3) is 0.231. The van der Waals surface area contributed by atoms with Gasteiger partial charge in [0.05, 0.1) is 20.5 Å². The van der Waals surface area contributed by atoms with Crippen molar-refractivity contribution in [2.45, 2.75) is 19.8 Å². The molecule has 2 amide bonds. The summed E-state index contributed by atoms with van der Waals surface area (Å²) in [5.74, 6) is 0.522. The zero-order valence-electron chi connectivity index (χ0n) is 19.0. The number of nitrogens with one attached hydrogen (secondary N) is 2. The summed E-state index contributed by atoms with van der Waals surface area (Å²) in [5.41, 5.74) is 2.83. The molecule has 0 aliphatic rings. The molecule has 0 atom stereocenters. The van der Waals surface area contributed by atoms with Crippen LogP contribution in [0.5, 0.6) is 11.5 Å². The van der Waals surface area contributed by atoms with Crippen LogP contribution >= 0.6 is 0 Å². The lowest BCUT2D eigenvalue weighted by Gasteiger charge is -2.12. The van der Waals surface area contributed by atoms with Crippen LogP contribution in [0.4, 0.5) is 0 Å². The van der Waals surface area contributed by atoms with Crippen LogP contribution in [0.3, 0.4) is 0 Å². The summed E-state index contributed by atoms with van der Waals surface area (Å²) in [6.07, 6.45) is 4.61. The summed E-state index contributed by atoms with van der Waals surface area (Å²) in [6, 6.07) is 16.5. The topological polar surface area (TPSA) is 89.8 Å². The average molecular weight is 449 g/mol. The molecule has 0 fully saturated rings. The van der Waals surface area contributed by atoms with Gasteiger partial charge in [-0.25, -0.2) is 0 Å². The maximum atomic E-state index is 12.8. The Bertz CT molecular complexity index is 1100. The van der Waals surface area contributed by atoms with Crippen LogP contribution in [0.25, 0.3) is 6.08 Å². The van der Waals surface area contributed by atoms with Gasteiger partial charge in [-0.05, 0) is 55.7 Å². The Balaban J connectivity index is 1.66. The van der Waals surface area contributed by atoms with Gasteiger partial charge in [-0.3, -0.25) is 9.59 Å². The number of methoxy groups -OCH3 is 2. The van der Waals surface area contributed by atoms with E-state index < -0.39 is 11.8 Å². The lowest BCUT2D eigenvalue weighted by Crippen LogP contribution is -2.35. The van der Waals surface area contributed by atoms with Gasteiger partial charge in [0, 0.05) is 18.2 Å². The molecule has 0 bridgehead atoms. The molecule has 2 aromatic carbocycles. The monoisotopic (exact) mass is 448 g/mol. The van der Waals surface area contributed by atoms with E-state index in [1.165, 1.54) is 37.7 Å². The first kappa shape index (κ1) is 23.7. The zero-order valence-corrected chi connectivity index (χ0v) is 19.0. The van der Waals surface area contributed by atoms with Crippen LogP contribution in [0, 0.1) is 6.92 Å². The van der Waals surface area contributed by atoms with E-state index in [2.05, 4.69) is 34.9 Å². The fourth-order valence-electron chi connectivity index (χ4n) is 3.19. The largest absolute Gasteiger partial charge is 0.493 e. The van der Waals surface area contributed by atoms with Gasteiger partial charge in [0.15, 0.2) is 11.5 Å². The van der Waals surface area contributed by atoms with E-state index in [9.17, 15) is 9.59 Å². The van der Waals surface area contributed by atoms with E-state index in [0.29, 0.717) is 29.4 Å². The number of hydrogen-bond acceptors (Lipinski definition) is 5. The minimum atomic E-state index is -0.455. The van der Waals surface area contributed by atoms with Crippen molar-refractivity contribution in [1.82, 2.24) is 10.6 Å². The molecule has 0 saturated heterocycles. The Labute approximate surface area is 193 Å². The highest BCUT2D eigenvalue weighted by Gasteiger charge is 2.17. The third kappa shape index (κ3) is 6.74. The maximum absolute atomic E-state index is 12.8. The standard InChI is InChI=1S/C26H28N2O5/c1-18-8-10-19(11-9-18)6-4-14-27-26(30)22(17-21-7-5-15-33-21)28-25(29)20-12-13-23(31-2)24(16-20)32-3/h5,7-13,15-17H,4,6,14H2,1-3H3,(H,27,30)(H,28,29)/b22-17-. The Hall–Kier alpha value is -4.00. The van der Waals surface area contributed by atoms with E-state index in [1.807, 2.05) is 6.92 Å². The van der Waals surface area contributed by atoms with Gasteiger partial charge in [-0.1, -0.05) is 29.8 Å². The smallest absolute Gasteiger partial charge is 0.267 e. The van der Waals surface area contributed by atoms with E-state index in [-0.39, 0.29) is 5.70 Å². The molecule has 0 radical (unpaired) electrons. The van der Waals surface area contributed by atoms with Gasteiger partial charge < -0.3 is 24.5 Å². The molecule has 0 unspecified atom stereocenters. The van der Waals surface area contributed by atoms with E-state index in [4.69, 9.17) is 13.9 Å². The SMILES string of the molecule is COc1ccc(C(=O)N/C(=C\c2ccco2)C(=O)NCCCc2ccc(C)cc2)cc1OC. The molecule has 1 heterocycles. The molecule has 3 aromatic rings. The van der Waals surface area contributed by atoms with Crippen molar-refractivity contribution in [2.75, 3.05) is 20.8 Å². The molecule has 3 rings (SSSR count). The predicted molar refractivity (Wildman–Crippen MR) is 126 cm³/mol. The number of aryl methyl sites for hydroxylation is 2. The highest BCUT2D eigenvalue weighted by atomic mass is 16.5. The minimum absolute atomic E-state index is 0.0834. The maximum Gasteiger partial charge on any atom is 0.267 e. The molecular formula is C26H28N2O5. The number of rotatable bonds is 10. The van der Waals surface area contributed by atoms with Crippen LogP contribution in [0.2, 0.25) is 0 Å². The number of carbonyl (C=O) groups excluding carboxylic acids is 2. The first-order valence-corrected chi connectivity index (χ1v) is 10.6. The highest BCUT2D eigenvalue weighted by Crippen LogP contribution is 2.27. The third-order valence-corrected chi connectivity index (χ3v) is 5.02. The minimum Gasteiger partial charge on any atom is -0.493 e. The van der Waals surface area contributed by atoms with Crippen LogP contribution in [-0.4, -0.2) is 32.6 Å². The highest BCUT2D eigenvalue weighted by molar-refractivity contribution is 6.05. The van der Waals surface area contributed by atoms with Crippen molar-refractivity contribution in [3.8, 4) is 11.5 Å². The summed E-state index contributed by atoms with van der Waals surface area (Å²) >= 11 is 0. The van der Waals surface area contributed by atoms with Crippen molar-refractivity contribution in [2.24, 2.45) is 0 Å². The summed E-state index contributed by atoms with van der Waals surface area (Å²) < 4.78 is 15.8. The molecule has 0 saturated carbocycles. The van der Waals surface area contributed by atoms with Crippen LogP contribution < -0.4 is 20.1 Å². The van der Waals surface area contributed by atoms with Gasteiger partial charge in [-0.15, -0.1) is 0 Å². The Kier molecular flexibility index (Phi) is 8.30. The zero-order chi connectivity index (χ0) is 23.6. The third-order valence-electron chi connectivity index (χ3n) is 5.02. The number of benzene rings is 2. The Morgan fingerprint density at radius 2 is 1.76 bits per heavy atom. The van der Waals surface area contributed by atoms with E-state index in [0.717, 1.165) is 12.8 Å². The number of ether oxygens (including phenoxy) is 2. The summed E-state index contributed by atoms with van der Waals surface area (Å²) in [4.78, 5) is 25.7. The van der Waals surface area contributed by atoms with Crippen molar-refractivity contribution < 1.29 is 23.5 Å². The van der Waals surface area contributed by atoms with Crippen LogP contribution in [-0.2, 0) is 11.2 Å². The van der Waals surface area contributed by atoms with Crippen LogP contribution in [0.1, 0.15) is 33.7 Å². The van der Waals surface area contributed by atoms with Gasteiger partial charge in [0.25, 0.3) is 11.8 Å². The number of hydrogen-bond donors (Lipinski definition) is 2. The van der Waals surface area contributed by atoms with Crippen molar-refractivity contribution in [3.63, 3.8) is 0 Å².